The molecule has 9 nitrogen and oxygen atoms in total. The van der Waals surface area contributed by atoms with Crippen molar-refractivity contribution < 1.29 is 45.0 Å². The Hall–Kier alpha value is -5.18. The Bertz CT molecular complexity index is 1740. The molecule has 4 aromatic carbocycles. The van der Waals surface area contributed by atoms with Gasteiger partial charge in [0.05, 0.1) is 11.1 Å². The standard InChI is InChI=1S/C34H32O9/c1-4-5-6-7-22(28-17(3)10-19(36)12-25(28)37)29-27(39)15-24-31(33(29)41)34(42)30-23(32(24)40)13-21(14-26(30)38)43-20-9-16(2)8-18(35)11-20/h8-15,22,35-39,41H,4-7H2,1-3H3. The highest BCUT2D eigenvalue weighted by molar-refractivity contribution is 6.30. The first kappa shape index (κ1) is 29.3. The molecule has 222 valence electrons. The summed E-state index contributed by atoms with van der Waals surface area (Å²) in [7, 11) is 0. The number of hydrogen-bond donors (Lipinski definition) is 6. The Kier molecular flexibility index (Phi) is 7.67. The van der Waals surface area contributed by atoms with Crippen molar-refractivity contribution in [2.45, 2.75) is 52.4 Å². The van der Waals surface area contributed by atoms with Crippen molar-refractivity contribution >= 4 is 11.6 Å². The van der Waals surface area contributed by atoms with Crippen molar-refractivity contribution in [3.8, 4) is 46.0 Å². The van der Waals surface area contributed by atoms with Crippen LogP contribution in [0.15, 0.2) is 48.5 Å². The van der Waals surface area contributed by atoms with E-state index < -0.39 is 34.7 Å². The van der Waals surface area contributed by atoms with Crippen LogP contribution in [0.25, 0.3) is 0 Å². The number of hydrogen-bond acceptors (Lipinski definition) is 9. The molecule has 9 heteroatoms. The van der Waals surface area contributed by atoms with Gasteiger partial charge in [-0.05, 0) is 61.7 Å². The number of ether oxygens (including phenoxy) is 1. The average molecular weight is 585 g/mol. The summed E-state index contributed by atoms with van der Waals surface area (Å²) < 4.78 is 5.76. The maximum absolute atomic E-state index is 13.8. The van der Waals surface area contributed by atoms with Crippen LogP contribution in [0.2, 0.25) is 0 Å². The molecule has 0 bridgehead atoms. The number of aromatic hydroxyl groups is 6. The fraction of sp³-hybridized carbons (Fsp3) is 0.235. The van der Waals surface area contributed by atoms with Gasteiger partial charge in [0.2, 0.25) is 5.78 Å². The van der Waals surface area contributed by atoms with Gasteiger partial charge in [0.1, 0.15) is 46.0 Å². The zero-order valence-electron chi connectivity index (χ0n) is 23.9. The number of phenols is 6. The van der Waals surface area contributed by atoms with Gasteiger partial charge in [-0.1, -0.05) is 26.2 Å². The zero-order chi connectivity index (χ0) is 31.2. The highest BCUT2D eigenvalue weighted by atomic mass is 16.5. The predicted octanol–water partition coefficient (Wildman–Crippen LogP) is 6.82. The van der Waals surface area contributed by atoms with E-state index in [0.29, 0.717) is 29.5 Å². The number of phenolic OH excluding ortho intramolecular Hbond substituents is 6. The van der Waals surface area contributed by atoms with Gasteiger partial charge in [-0.3, -0.25) is 9.59 Å². The second kappa shape index (κ2) is 11.2. The van der Waals surface area contributed by atoms with Crippen molar-refractivity contribution in [2.24, 2.45) is 0 Å². The Labute approximate surface area is 247 Å². The number of fused-ring (bicyclic) bond motifs is 2. The van der Waals surface area contributed by atoms with Crippen molar-refractivity contribution in [2.75, 3.05) is 0 Å². The molecule has 0 saturated heterocycles. The third-order valence-corrected chi connectivity index (χ3v) is 7.77. The van der Waals surface area contributed by atoms with Crippen molar-refractivity contribution in [3.05, 3.63) is 93.0 Å². The number of benzene rings is 4. The zero-order valence-corrected chi connectivity index (χ0v) is 23.9. The quantitative estimate of drug-likeness (QED) is 0.107. The molecule has 0 aliphatic heterocycles. The molecule has 43 heavy (non-hydrogen) atoms. The second-order valence-electron chi connectivity index (χ2n) is 11.0. The van der Waals surface area contributed by atoms with Crippen LogP contribution in [0.1, 0.15) is 92.6 Å². The summed E-state index contributed by atoms with van der Waals surface area (Å²) in [5, 5.41) is 64.3. The SMILES string of the molecule is CCCCCC(c1c(C)cc(O)cc1O)c1c(O)cc2c(c1O)C(=O)c1c(O)cc(Oc3cc(C)cc(O)c3)cc1C2=O. The molecule has 6 N–H and O–H groups in total. The summed E-state index contributed by atoms with van der Waals surface area (Å²) in [5.74, 6) is -4.09. The number of aryl methyl sites for hydroxylation is 2. The highest BCUT2D eigenvalue weighted by Crippen LogP contribution is 2.50. The number of carbonyl (C=O) groups is 2. The molecule has 1 atom stereocenters. The summed E-state index contributed by atoms with van der Waals surface area (Å²) in [5.41, 5.74) is 0.425. The number of unbranched alkanes of at least 4 members (excludes halogenated alkanes) is 2. The summed E-state index contributed by atoms with van der Waals surface area (Å²) in [6.07, 6.45) is 2.75. The Morgan fingerprint density at radius 3 is 1.98 bits per heavy atom. The molecule has 1 unspecified atom stereocenters. The topological polar surface area (TPSA) is 165 Å². The first-order valence-corrected chi connectivity index (χ1v) is 14.0. The minimum atomic E-state index is -0.820. The monoisotopic (exact) mass is 584 g/mol. The molecule has 0 radical (unpaired) electrons. The first-order chi connectivity index (χ1) is 20.4. The van der Waals surface area contributed by atoms with E-state index in [0.717, 1.165) is 25.0 Å². The lowest BCUT2D eigenvalue weighted by Crippen LogP contribution is -2.22. The smallest absolute Gasteiger partial charge is 0.201 e. The summed E-state index contributed by atoms with van der Waals surface area (Å²) >= 11 is 0. The maximum atomic E-state index is 13.8. The lowest BCUT2D eigenvalue weighted by molar-refractivity contribution is 0.0973. The van der Waals surface area contributed by atoms with Gasteiger partial charge in [0.15, 0.2) is 5.78 Å². The lowest BCUT2D eigenvalue weighted by Gasteiger charge is -2.27. The van der Waals surface area contributed by atoms with Crippen LogP contribution in [0.5, 0.6) is 46.0 Å². The molecule has 0 saturated carbocycles. The minimum Gasteiger partial charge on any atom is -0.508 e. The van der Waals surface area contributed by atoms with Crippen molar-refractivity contribution in [1.82, 2.24) is 0 Å². The van der Waals surface area contributed by atoms with Crippen LogP contribution in [0.4, 0.5) is 0 Å². The van der Waals surface area contributed by atoms with Crippen LogP contribution in [0, 0.1) is 13.8 Å². The van der Waals surface area contributed by atoms with E-state index in [4.69, 9.17) is 4.74 Å². The highest BCUT2D eigenvalue weighted by Gasteiger charge is 2.39. The van der Waals surface area contributed by atoms with E-state index in [2.05, 4.69) is 0 Å². The minimum absolute atomic E-state index is 0.0326. The number of rotatable bonds is 8. The average Bonchev–Trinajstić information content (AvgIpc) is 2.89. The second-order valence-corrected chi connectivity index (χ2v) is 11.0. The van der Waals surface area contributed by atoms with Crippen LogP contribution < -0.4 is 4.74 Å². The summed E-state index contributed by atoms with van der Waals surface area (Å²) in [6, 6.07) is 10.7. The fourth-order valence-corrected chi connectivity index (χ4v) is 5.94. The molecule has 1 aliphatic rings. The Morgan fingerprint density at radius 2 is 1.30 bits per heavy atom. The van der Waals surface area contributed by atoms with Crippen LogP contribution in [-0.4, -0.2) is 42.2 Å². The van der Waals surface area contributed by atoms with Crippen LogP contribution in [0.3, 0.4) is 0 Å². The summed E-state index contributed by atoms with van der Waals surface area (Å²) in [4.78, 5) is 27.5. The van der Waals surface area contributed by atoms with Crippen molar-refractivity contribution in [3.63, 3.8) is 0 Å². The Balaban J connectivity index is 1.63. The molecule has 1 aliphatic carbocycles. The third kappa shape index (κ3) is 5.30. The van der Waals surface area contributed by atoms with Gasteiger partial charge < -0.3 is 35.4 Å². The van der Waals surface area contributed by atoms with Gasteiger partial charge in [-0.2, -0.15) is 0 Å². The summed E-state index contributed by atoms with van der Waals surface area (Å²) in [6.45, 7) is 5.44. The van der Waals surface area contributed by atoms with Crippen molar-refractivity contribution in [1.29, 1.82) is 0 Å². The molecule has 0 heterocycles. The molecule has 0 spiro atoms. The van der Waals surface area contributed by atoms with Crippen LogP contribution in [-0.2, 0) is 0 Å². The number of ketones is 2. The molecule has 5 rings (SSSR count). The van der Waals surface area contributed by atoms with Gasteiger partial charge in [-0.15, -0.1) is 0 Å². The molecular weight excluding hydrogens is 552 g/mol. The largest absolute Gasteiger partial charge is 0.508 e. The molecular formula is C34H32O9. The third-order valence-electron chi connectivity index (χ3n) is 7.77. The number of carbonyl (C=O) groups excluding carboxylic acids is 2. The maximum Gasteiger partial charge on any atom is 0.201 e. The van der Waals surface area contributed by atoms with E-state index >= 15 is 0 Å². The van der Waals surface area contributed by atoms with E-state index in [1.54, 1.807) is 19.9 Å². The molecule has 0 fully saturated rings. The van der Waals surface area contributed by atoms with E-state index in [9.17, 15) is 40.2 Å². The lowest BCUT2D eigenvalue weighted by atomic mass is 9.77. The first-order valence-electron chi connectivity index (χ1n) is 14.0. The fourth-order valence-electron chi connectivity index (χ4n) is 5.94. The molecule has 0 amide bonds. The van der Waals surface area contributed by atoms with Gasteiger partial charge in [0.25, 0.3) is 0 Å². The van der Waals surface area contributed by atoms with Crippen LogP contribution >= 0.6 is 0 Å². The van der Waals surface area contributed by atoms with Gasteiger partial charge in [0, 0.05) is 46.4 Å². The molecule has 4 aromatic rings. The normalized spacial score (nSPS) is 13.0. The predicted molar refractivity (Wildman–Crippen MR) is 158 cm³/mol. The molecule has 0 aromatic heterocycles. The van der Waals surface area contributed by atoms with E-state index in [1.165, 1.54) is 30.3 Å². The van der Waals surface area contributed by atoms with Gasteiger partial charge in [-0.25, -0.2) is 0 Å². The van der Waals surface area contributed by atoms with E-state index in [1.807, 2.05) is 6.92 Å². The van der Waals surface area contributed by atoms with E-state index in [-0.39, 0.29) is 56.6 Å². The van der Waals surface area contributed by atoms with Gasteiger partial charge >= 0.3 is 0 Å². The Morgan fingerprint density at radius 1 is 0.651 bits per heavy atom.